The van der Waals surface area contributed by atoms with Crippen LogP contribution in [-0.4, -0.2) is 4.92 Å². The highest BCUT2D eigenvalue weighted by molar-refractivity contribution is 9.10. The fourth-order valence-corrected chi connectivity index (χ4v) is 1.42. The number of hydrogen-bond donors (Lipinski definition) is 0. The lowest BCUT2D eigenvalue weighted by Crippen LogP contribution is -1.94. The van der Waals surface area contributed by atoms with Gasteiger partial charge in [0.1, 0.15) is 11.6 Å². The van der Waals surface area contributed by atoms with Crippen molar-refractivity contribution in [1.29, 1.82) is 5.26 Å². The van der Waals surface area contributed by atoms with Crippen LogP contribution in [0, 0.1) is 28.4 Å². The van der Waals surface area contributed by atoms with E-state index in [1.807, 2.05) is 0 Å². The summed E-state index contributed by atoms with van der Waals surface area (Å²) in [4.78, 5) is 10.0. The van der Waals surface area contributed by atoms with Crippen LogP contribution in [0.15, 0.2) is 16.6 Å². The first-order valence-corrected chi connectivity index (χ1v) is 4.21. The SMILES string of the molecule is Cc1ccc(C#N)c([N+](=O)[O-])c1Br. The molecule has 0 radical (unpaired) electrons. The summed E-state index contributed by atoms with van der Waals surface area (Å²) in [6.07, 6.45) is 0. The molecule has 0 saturated heterocycles. The van der Waals surface area contributed by atoms with E-state index in [0.717, 1.165) is 5.56 Å². The van der Waals surface area contributed by atoms with Gasteiger partial charge in [-0.2, -0.15) is 5.26 Å². The largest absolute Gasteiger partial charge is 0.301 e. The van der Waals surface area contributed by atoms with Gasteiger partial charge in [0, 0.05) is 0 Å². The van der Waals surface area contributed by atoms with Crippen molar-refractivity contribution in [2.24, 2.45) is 0 Å². The minimum absolute atomic E-state index is 0.0717. The smallest absolute Gasteiger partial charge is 0.258 e. The number of rotatable bonds is 1. The molecular weight excluding hydrogens is 236 g/mol. The Hall–Kier alpha value is -1.41. The summed E-state index contributed by atoms with van der Waals surface area (Å²) in [7, 11) is 0. The van der Waals surface area contributed by atoms with Crippen molar-refractivity contribution < 1.29 is 4.92 Å². The minimum Gasteiger partial charge on any atom is -0.258 e. The molecule has 1 rings (SSSR count). The normalized spacial score (nSPS) is 9.31. The van der Waals surface area contributed by atoms with Gasteiger partial charge in [0.2, 0.25) is 0 Å². The monoisotopic (exact) mass is 240 g/mol. The van der Waals surface area contributed by atoms with Crippen LogP contribution in [0.4, 0.5) is 5.69 Å². The van der Waals surface area contributed by atoms with E-state index in [1.54, 1.807) is 19.1 Å². The number of nitro groups is 1. The molecule has 5 heteroatoms. The van der Waals surface area contributed by atoms with E-state index in [4.69, 9.17) is 5.26 Å². The standard InChI is InChI=1S/C8H5BrN2O2/c1-5-2-3-6(4-10)8(7(5)9)11(12)13/h2-3H,1H3. The minimum atomic E-state index is -0.560. The molecule has 0 aliphatic carbocycles. The Morgan fingerprint density at radius 1 is 1.62 bits per heavy atom. The predicted octanol–water partition coefficient (Wildman–Crippen LogP) is 2.54. The molecule has 0 bridgehead atoms. The van der Waals surface area contributed by atoms with Crippen LogP contribution in [0.3, 0.4) is 0 Å². The zero-order valence-electron chi connectivity index (χ0n) is 6.74. The van der Waals surface area contributed by atoms with Crippen molar-refractivity contribution in [1.82, 2.24) is 0 Å². The second kappa shape index (κ2) is 3.54. The highest BCUT2D eigenvalue weighted by atomic mass is 79.9. The summed E-state index contributed by atoms with van der Waals surface area (Å²) < 4.78 is 0.372. The fourth-order valence-electron chi connectivity index (χ4n) is 0.934. The molecule has 1 aromatic carbocycles. The summed E-state index contributed by atoms with van der Waals surface area (Å²) in [6.45, 7) is 1.73. The number of nitriles is 1. The van der Waals surface area contributed by atoms with Crippen LogP contribution < -0.4 is 0 Å². The van der Waals surface area contributed by atoms with Crippen LogP contribution in [0.1, 0.15) is 11.1 Å². The van der Waals surface area contributed by atoms with E-state index in [-0.39, 0.29) is 11.3 Å². The molecule has 66 valence electrons. The zero-order valence-corrected chi connectivity index (χ0v) is 8.33. The van der Waals surface area contributed by atoms with Crippen molar-refractivity contribution in [2.75, 3.05) is 0 Å². The third-order valence-corrected chi connectivity index (χ3v) is 2.61. The molecule has 4 nitrogen and oxygen atoms in total. The van der Waals surface area contributed by atoms with Gasteiger partial charge < -0.3 is 0 Å². The highest BCUT2D eigenvalue weighted by Crippen LogP contribution is 2.31. The Morgan fingerprint density at radius 3 is 2.69 bits per heavy atom. The number of halogens is 1. The lowest BCUT2D eigenvalue weighted by Gasteiger charge is -2.00. The van der Waals surface area contributed by atoms with Gasteiger partial charge in [-0.05, 0) is 34.5 Å². The molecule has 0 amide bonds. The molecular formula is C8H5BrN2O2. The number of hydrogen-bond acceptors (Lipinski definition) is 3. The quantitative estimate of drug-likeness (QED) is 0.560. The van der Waals surface area contributed by atoms with Crippen molar-refractivity contribution >= 4 is 21.6 Å². The van der Waals surface area contributed by atoms with E-state index in [0.29, 0.717) is 4.47 Å². The van der Waals surface area contributed by atoms with Crippen LogP contribution in [-0.2, 0) is 0 Å². The maximum absolute atomic E-state index is 10.6. The molecule has 13 heavy (non-hydrogen) atoms. The second-order valence-corrected chi connectivity index (χ2v) is 3.25. The van der Waals surface area contributed by atoms with Crippen molar-refractivity contribution in [2.45, 2.75) is 6.92 Å². The molecule has 0 aliphatic heterocycles. The summed E-state index contributed by atoms with van der Waals surface area (Å²) >= 11 is 3.08. The van der Waals surface area contributed by atoms with Gasteiger partial charge in [-0.1, -0.05) is 6.07 Å². The zero-order chi connectivity index (χ0) is 10.0. The average molecular weight is 241 g/mol. The maximum Gasteiger partial charge on any atom is 0.301 e. The summed E-state index contributed by atoms with van der Waals surface area (Å²) in [6, 6.07) is 4.88. The van der Waals surface area contributed by atoms with E-state index in [1.165, 1.54) is 6.07 Å². The molecule has 0 heterocycles. The third-order valence-electron chi connectivity index (χ3n) is 1.61. The summed E-state index contributed by atoms with van der Waals surface area (Å²) in [5, 5.41) is 19.2. The molecule has 0 saturated carbocycles. The van der Waals surface area contributed by atoms with Crippen LogP contribution in [0.25, 0.3) is 0 Å². The van der Waals surface area contributed by atoms with E-state index < -0.39 is 4.92 Å². The van der Waals surface area contributed by atoms with Crippen LogP contribution in [0.5, 0.6) is 0 Å². The summed E-state index contributed by atoms with van der Waals surface area (Å²) in [5.74, 6) is 0. The van der Waals surface area contributed by atoms with E-state index >= 15 is 0 Å². The number of benzene rings is 1. The molecule has 0 N–H and O–H groups in total. The van der Waals surface area contributed by atoms with Gasteiger partial charge in [-0.15, -0.1) is 0 Å². The van der Waals surface area contributed by atoms with Gasteiger partial charge in [0.25, 0.3) is 0 Å². The number of nitro benzene ring substituents is 1. The maximum atomic E-state index is 10.6. The first kappa shape index (κ1) is 9.68. The summed E-state index contributed by atoms with van der Waals surface area (Å²) in [5.41, 5.74) is 0.649. The Labute approximate surface area is 83.1 Å². The molecule has 0 unspecified atom stereocenters. The Bertz CT molecular complexity index is 409. The van der Waals surface area contributed by atoms with Crippen molar-refractivity contribution in [3.8, 4) is 6.07 Å². The molecule has 0 spiro atoms. The average Bonchev–Trinajstić information content (AvgIpc) is 2.08. The molecule has 0 aromatic heterocycles. The molecule has 1 aromatic rings. The number of nitrogens with zero attached hydrogens (tertiary/aromatic N) is 2. The van der Waals surface area contributed by atoms with Crippen LogP contribution >= 0.6 is 15.9 Å². The van der Waals surface area contributed by atoms with Gasteiger partial charge in [0.15, 0.2) is 0 Å². The first-order valence-electron chi connectivity index (χ1n) is 3.41. The predicted molar refractivity (Wildman–Crippen MR) is 50.2 cm³/mol. The second-order valence-electron chi connectivity index (χ2n) is 2.46. The van der Waals surface area contributed by atoms with Gasteiger partial charge >= 0.3 is 5.69 Å². The topological polar surface area (TPSA) is 66.9 Å². The Morgan fingerprint density at radius 2 is 2.23 bits per heavy atom. The number of aryl methyl sites for hydroxylation is 1. The molecule has 0 fully saturated rings. The van der Waals surface area contributed by atoms with Crippen molar-refractivity contribution in [3.63, 3.8) is 0 Å². The van der Waals surface area contributed by atoms with E-state index in [2.05, 4.69) is 15.9 Å². The molecule has 0 atom stereocenters. The third kappa shape index (κ3) is 1.68. The Balaban J connectivity index is 3.53. The fraction of sp³-hybridized carbons (Fsp3) is 0.125. The molecule has 0 aliphatic rings. The van der Waals surface area contributed by atoms with Crippen molar-refractivity contribution in [3.05, 3.63) is 37.8 Å². The lowest BCUT2D eigenvalue weighted by atomic mass is 10.1. The highest BCUT2D eigenvalue weighted by Gasteiger charge is 2.19. The van der Waals surface area contributed by atoms with Gasteiger partial charge in [-0.3, -0.25) is 10.1 Å². The van der Waals surface area contributed by atoms with Crippen LogP contribution in [0.2, 0.25) is 0 Å². The van der Waals surface area contributed by atoms with Gasteiger partial charge in [0.05, 0.1) is 9.40 Å². The van der Waals surface area contributed by atoms with E-state index in [9.17, 15) is 10.1 Å². The lowest BCUT2D eigenvalue weighted by molar-refractivity contribution is -0.386. The first-order chi connectivity index (χ1) is 6.07. The van der Waals surface area contributed by atoms with Gasteiger partial charge in [-0.25, -0.2) is 0 Å². The Kier molecular flexibility index (Phi) is 2.63.